The van der Waals surface area contributed by atoms with E-state index < -0.39 is 22.0 Å². The first kappa shape index (κ1) is 22.6. The van der Waals surface area contributed by atoms with Gasteiger partial charge in [-0.1, -0.05) is 45.5 Å². The Kier molecular flexibility index (Phi) is 13.1. The van der Waals surface area contributed by atoms with Gasteiger partial charge in [-0.3, -0.25) is 0 Å². The Bertz CT molecular complexity index is 587. The maximum atomic E-state index is 10.2. The van der Waals surface area contributed by atoms with E-state index in [1.165, 1.54) is 0 Å². The van der Waals surface area contributed by atoms with Crippen LogP contribution in [0.4, 0.5) is 0 Å². The van der Waals surface area contributed by atoms with Gasteiger partial charge in [0.15, 0.2) is 10.6 Å². The van der Waals surface area contributed by atoms with E-state index in [9.17, 15) is 23.7 Å². The molecule has 0 bridgehead atoms. The van der Waals surface area contributed by atoms with Gasteiger partial charge in [0.05, 0.1) is 0 Å². The number of hydrogen-bond acceptors (Lipinski definition) is 5. The fraction of sp³-hybridized carbons (Fsp3) is 0.133. The van der Waals surface area contributed by atoms with Crippen LogP contribution < -0.4 is 20.4 Å². The minimum Gasteiger partial charge on any atom is -0.591 e. The Morgan fingerprint density at radius 2 is 1.21 bits per heavy atom. The van der Waals surface area contributed by atoms with Crippen LogP contribution in [0.1, 0.15) is 6.42 Å². The van der Waals surface area contributed by atoms with Crippen molar-refractivity contribution in [3.05, 3.63) is 60.7 Å². The number of carboxylic acids is 1. The molecule has 24 heavy (non-hydrogen) atoms. The molecule has 2 atom stereocenters. The Hall–Kier alpha value is -1.44. The largest absolute Gasteiger partial charge is 0.591 e. The summed E-state index contributed by atoms with van der Waals surface area (Å²) in [4.78, 5) is 30.1. The zero-order chi connectivity index (χ0) is 18.4. The molecule has 0 aromatic heterocycles. The third kappa shape index (κ3) is 12.0. The van der Waals surface area contributed by atoms with Crippen molar-refractivity contribution in [3.8, 4) is 0 Å². The van der Waals surface area contributed by atoms with Gasteiger partial charge in [-0.25, -0.2) is 0 Å². The molecule has 2 aromatic rings. The van der Waals surface area contributed by atoms with Gasteiger partial charge < -0.3 is 9.79 Å². The molecule has 0 aliphatic carbocycles. The van der Waals surface area contributed by atoms with Gasteiger partial charge in [0, 0.05) is 0 Å². The summed E-state index contributed by atoms with van der Waals surface area (Å²) in [7, 11) is -4.79. The van der Waals surface area contributed by atoms with E-state index in [-0.39, 0.29) is 6.42 Å². The first-order valence-electron chi connectivity index (χ1n) is 6.69. The van der Waals surface area contributed by atoms with Gasteiger partial charge in [-0.15, -0.1) is 0 Å². The minimum absolute atomic E-state index is 0.255. The Morgan fingerprint density at radius 3 is 1.33 bits per heavy atom. The minimum atomic E-state index is -2.40. The van der Waals surface area contributed by atoms with Crippen LogP contribution in [0, 0.1) is 0 Å². The molecule has 0 amide bonds. The first-order valence-corrected chi connectivity index (χ1v) is 9.86. The Balaban J connectivity index is 0.000000340. The molecule has 0 radical (unpaired) electrons. The van der Waals surface area contributed by atoms with Crippen LogP contribution in [-0.2, 0) is 13.9 Å². The second kappa shape index (κ2) is 14.0. The number of aliphatic carboxylic acids is 1. The molecule has 0 fully saturated rings. The van der Waals surface area contributed by atoms with Crippen molar-refractivity contribution in [3.63, 3.8) is 0 Å². The number of carboxylic acid groups (broad SMARTS) is 1. The molecule has 6 nitrogen and oxygen atoms in total. The van der Waals surface area contributed by atoms with Gasteiger partial charge in [-0.2, -0.15) is 0 Å². The number of carbonyl (C=O) groups is 1. The SMILES string of the molecule is O=C(O)C[CH2][Al+2].O=[P+]([O-])c1ccccc1.O=[P+]([O-])c1ccccc1. The summed E-state index contributed by atoms with van der Waals surface area (Å²) >= 11 is 2.34. The van der Waals surface area contributed by atoms with Crippen LogP contribution in [0.25, 0.3) is 0 Å². The average molecular weight is 380 g/mol. The Morgan fingerprint density at radius 1 is 0.875 bits per heavy atom. The standard InChI is InChI=1S/2C6H5O2P.C3H5O2.Al/c2*7-9(8)6-4-2-1-3-5-6;1-2-3(4)5;/h2*1-5H;1-2H2,(H,4,5);/q;;;+2. The van der Waals surface area contributed by atoms with Gasteiger partial charge in [-0.05, 0) is 24.3 Å². The second-order valence-electron chi connectivity index (χ2n) is 4.12. The van der Waals surface area contributed by atoms with Crippen LogP contribution in [0.5, 0.6) is 0 Å². The van der Waals surface area contributed by atoms with Crippen LogP contribution in [-0.4, -0.2) is 27.4 Å². The zero-order valence-electron chi connectivity index (χ0n) is 12.6. The first-order chi connectivity index (χ1) is 11.4. The van der Waals surface area contributed by atoms with E-state index in [4.69, 9.17) is 5.11 Å². The maximum Gasteiger partial charge on any atom is 0.348 e. The van der Waals surface area contributed by atoms with Crippen molar-refractivity contribution in [2.75, 3.05) is 0 Å². The van der Waals surface area contributed by atoms with E-state index >= 15 is 0 Å². The van der Waals surface area contributed by atoms with Crippen LogP contribution in [0.15, 0.2) is 60.7 Å². The van der Waals surface area contributed by atoms with Crippen molar-refractivity contribution < 1.29 is 28.8 Å². The van der Waals surface area contributed by atoms with Crippen LogP contribution in [0.2, 0.25) is 5.28 Å². The van der Waals surface area contributed by atoms with E-state index in [0.717, 1.165) is 0 Å². The van der Waals surface area contributed by atoms with Crippen molar-refractivity contribution in [2.45, 2.75) is 11.7 Å². The summed E-state index contributed by atoms with van der Waals surface area (Å²) in [5.41, 5.74) is 0. The molecule has 9 heteroatoms. The summed E-state index contributed by atoms with van der Waals surface area (Å²) in [6, 6.07) is 16.6. The number of hydrogen-bond donors (Lipinski definition) is 1. The van der Waals surface area contributed by atoms with Crippen LogP contribution in [0.3, 0.4) is 0 Å². The Labute approximate surface area is 150 Å². The van der Waals surface area contributed by atoms with Crippen molar-refractivity contribution in [1.82, 2.24) is 0 Å². The maximum absolute atomic E-state index is 10.2. The normalized spacial score (nSPS) is 10.3. The second-order valence-corrected chi connectivity index (χ2v) is 6.76. The van der Waals surface area contributed by atoms with Crippen LogP contribution >= 0.6 is 16.1 Å². The van der Waals surface area contributed by atoms with Gasteiger partial charge in [0.2, 0.25) is 0 Å². The molecule has 2 unspecified atom stereocenters. The molecule has 0 saturated carbocycles. The molecule has 2 rings (SSSR count). The summed E-state index contributed by atoms with van der Waals surface area (Å²) in [6.07, 6.45) is 0.255. The predicted molar refractivity (Wildman–Crippen MR) is 90.2 cm³/mol. The molecule has 1 N–H and O–H groups in total. The monoisotopic (exact) mass is 380 g/mol. The van der Waals surface area contributed by atoms with Crippen molar-refractivity contribution in [1.29, 1.82) is 0 Å². The van der Waals surface area contributed by atoms with Crippen molar-refractivity contribution >= 4 is 48.9 Å². The molecule has 0 spiro atoms. The number of rotatable bonds is 4. The zero-order valence-corrected chi connectivity index (χ0v) is 15.6. The summed E-state index contributed by atoms with van der Waals surface area (Å²) in [5, 5.41) is 9.28. The van der Waals surface area contributed by atoms with Gasteiger partial charge in [0.1, 0.15) is 0 Å². The predicted octanol–water partition coefficient (Wildman–Crippen LogP) is 0.877. The smallest absolute Gasteiger partial charge is 0.348 e. The van der Waals surface area contributed by atoms with E-state index in [1.807, 2.05) is 0 Å². The molecule has 122 valence electrons. The molecule has 0 saturated heterocycles. The number of benzene rings is 2. The van der Waals surface area contributed by atoms with Gasteiger partial charge >= 0.3 is 59.9 Å². The molecule has 2 aromatic carbocycles. The fourth-order valence-electron chi connectivity index (χ4n) is 1.22. The van der Waals surface area contributed by atoms with Crippen molar-refractivity contribution in [2.24, 2.45) is 0 Å². The molecule has 0 heterocycles. The molecule has 0 aliphatic rings. The third-order valence-electron chi connectivity index (χ3n) is 2.29. The quantitative estimate of drug-likeness (QED) is 0.622. The van der Waals surface area contributed by atoms with E-state index in [1.54, 1.807) is 60.7 Å². The molecule has 0 aliphatic heterocycles. The summed E-state index contributed by atoms with van der Waals surface area (Å²) in [5.74, 6) is -0.731. The topological polar surface area (TPSA) is 118 Å². The van der Waals surface area contributed by atoms with E-state index in [0.29, 0.717) is 15.9 Å². The third-order valence-corrected chi connectivity index (χ3v) is 4.02. The molecular weight excluding hydrogens is 365 g/mol. The summed E-state index contributed by atoms with van der Waals surface area (Å²) in [6.45, 7) is 0. The average Bonchev–Trinajstić information content (AvgIpc) is 2.57. The van der Waals surface area contributed by atoms with E-state index in [2.05, 4.69) is 16.3 Å². The molecular formula is C15H15AlO6P2+2. The van der Waals surface area contributed by atoms with Gasteiger partial charge in [0.25, 0.3) is 0 Å². The summed E-state index contributed by atoms with van der Waals surface area (Å²) < 4.78 is 20.5. The fourth-order valence-corrected chi connectivity index (χ4v) is 2.30.